The molecule has 0 unspecified atom stereocenters. The molecule has 0 atom stereocenters. The fourth-order valence-electron chi connectivity index (χ4n) is 3.94. The van der Waals surface area contributed by atoms with Crippen LogP contribution in [0.5, 0.6) is 0 Å². The predicted octanol–water partition coefficient (Wildman–Crippen LogP) is 2.42. The second-order valence-electron chi connectivity index (χ2n) is 6.88. The van der Waals surface area contributed by atoms with Crippen LogP contribution in [0.2, 0.25) is 0 Å². The van der Waals surface area contributed by atoms with Gasteiger partial charge in [-0.1, -0.05) is 31.0 Å². The van der Waals surface area contributed by atoms with Crippen molar-refractivity contribution in [1.29, 1.82) is 5.26 Å². The number of aromatic nitrogens is 2. The number of benzene rings is 1. The van der Waals surface area contributed by atoms with Gasteiger partial charge >= 0.3 is 6.03 Å². The maximum atomic E-state index is 12.9. The second-order valence-corrected chi connectivity index (χ2v) is 6.88. The Labute approximate surface area is 151 Å². The molecule has 1 aliphatic carbocycles. The largest absolute Gasteiger partial charge is 0.325 e. The maximum Gasteiger partial charge on any atom is 0.325 e. The van der Waals surface area contributed by atoms with Gasteiger partial charge < -0.3 is 5.32 Å². The highest BCUT2D eigenvalue weighted by Crippen LogP contribution is 2.36. The number of para-hydroxylation sites is 1. The molecular weight excluding hydrogens is 330 g/mol. The molecule has 1 saturated carbocycles. The van der Waals surface area contributed by atoms with Gasteiger partial charge in [-0.05, 0) is 31.9 Å². The molecular formula is C19H19N5O2. The highest BCUT2D eigenvalue weighted by Gasteiger charge is 2.52. The van der Waals surface area contributed by atoms with Gasteiger partial charge in [0, 0.05) is 0 Å². The first-order chi connectivity index (χ1) is 12.6. The monoisotopic (exact) mass is 349 g/mol. The van der Waals surface area contributed by atoms with Crippen molar-refractivity contribution in [2.24, 2.45) is 0 Å². The molecule has 7 nitrogen and oxygen atoms in total. The number of nitrogens with one attached hydrogen (secondary N) is 1. The SMILES string of the molecule is Cc1nn(-c2ccccc2)c(CN2C(=O)NC3(CCCC3)C2=O)c1C#N. The van der Waals surface area contributed by atoms with E-state index in [0.29, 0.717) is 29.8 Å². The third-order valence-electron chi connectivity index (χ3n) is 5.28. The fraction of sp³-hybridized carbons (Fsp3) is 0.368. The van der Waals surface area contributed by atoms with E-state index in [4.69, 9.17) is 0 Å². The minimum Gasteiger partial charge on any atom is -0.323 e. The Balaban J connectivity index is 1.74. The quantitative estimate of drug-likeness (QED) is 0.862. The third-order valence-corrected chi connectivity index (χ3v) is 5.28. The molecule has 0 radical (unpaired) electrons. The van der Waals surface area contributed by atoms with Gasteiger partial charge in [0.1, 0.15) is 11.6 Å². The van der Waals surface area contributed by atoms with E-state index in [-0.39, 0.29) is 18.5 Å². The summed E-state index contributed by atoms with van der Waals surface area (Å²) in [5.41, 5.74) is 1.57. The van der Waals surface area contributed by atoms with Crippen molar-refractivity contribution >= 4 is 11.9 Å². The molecule has 1 spiro atoms. The Hall–Kier alpha value is -3.14. The van der Waals surface area contributed by atoms with Crippen LogP contribution in [0, 0.1) is 18.3 Å². The summed E-state index contributed by atoms with van der Waals surface area (Å²) in [6.07, 6.45) is 3.22. The van der Waals surface area contributed by atoms with E-state index in [2.05, 4.69) is 16.5 Å². The number of hydrogen-bond acceptors (Lipinski definition) is 4. The number of aryl methyl sites for hydroxylation is 1. The molecule has 132 valence electrons. The molecule has 2 fully saturated rings. The van der Waals surface area contributed by atoms with E-state index >= 15 is 0 Å². The molecule has 3 amide bonds. The summed E-state index contributed by atoms with van der Waals surface area (Å²) in [6, 6.07) is 11.2. The number of rotatable bonds is 3. The zero-order valence-corrected chi connectivity index (χ0v) is 14.5. The number of carbonyl (C=O) groups excluding carboxylic acids is 2. The molecule has 1 aromatic heterocycles. The first kappa shape index (κ1) is 16.3. The summed E-state index contributed by atoms with van der Waals surface area (Å²) >= 11 is 0. The van der Waals surface area contributed by atoms with Gasteiger partial charge in [-0.25, -0.2) is 9.48 Å². The van der Waals surface area contributed by atoms with Crippen LogP contribution in [0.25, 0.3) is 5.69 Å². The van der Waals surface area contributed by atoms with E-state index in [1.54, 1.807) is 11.6 Å². The summed E-state index contributed by atoms with van der Waals surface area (Å²) in [7, 11) is 0. The Morgan fingerprint density at radius 2 is 1.92 bits per heavy atom. The molecule has 26 heavy (non-hydrogen) atoms. The number of urea groups is 1. The van der Waals surface area contributed by atoms with Crippen LogP contribution >= 0.6 is 0 Å². The first-order valence-corrected chi connectivity index (χ1v) is 8.74. The Bertz CT molecular complexity index is 919. The van der Waals surface area contributed by atoms with E-state index in [9.17, 15) is 14.9 Å². The Morgan fingerprint density at radius 1 is 1.23 bits per heavy atom. The molecule has 1 N–H and O–H groups in total. The topological polar surface area (TPSA) is 91.0 Å². The summed E-state index contributed by atoms with van der Waals surface area (Å²) < 4.78 is 1.65. The van der Waals surface area contributed by atoms with Gasteiger partial charge in [0.05, 0.1) is 29.2 Å². The van der Waals surface area contributed by atoms with Crippen molar-refractivity contribution in [3.05, 3.63) is 47.3 Å². The molecule has 2 aromatic rings. The van der Waals surface area contributed by atoms with Crippen LogP contribution in [-0.4, -0.2) is 32.2 Å². The minimum absolute atomic E-state index is 0.0328. The van der Waals surface area contributed by atoms with Gasteiger partial charge in [-0.3, -0.25) is 9.69 Å². The first-order valence-electron chi connectivity index (χ1n) is 8.74. The summed E-state index contributed by atoms with van der Waals surface area (Å²) in [5.74, 6) is -0.192. The lowest BCUT2D eigenvalue weighted by Crippen LogP contribution is -2.44. The van der Waals surface area contributed by atoms with Crippen molar-refractivity contribution < 1.29 is 9.59 Å². The van der Waals surface area contributed by atoms with Crippen LogP contribution in [0.3, 0.4) is 0 Å². The fourth-order valence-corrected chi connectivity index (χ4v) is 3.94. The third kappa shape index (κ3) is 2.37. The van der Waals surface area contributed by atoms with Crippen LogP contribution in [0.1, 0.15) is 42.6 Å². The normalized spacial score (nSPS) is 18.4. The van der Waals surface area contributed by atoms with Crippen molar-refractivity contribution in [2.75, 3.05) is 0 Å². The van der Waals surface area contributed by atoms with Crippen molar-refractivity contribution in [3.63, 3.8) is 0 Å². The van der Waals surface area contributed by atoms with Gasteiger partial charge in [0.2, 0.25) is 0 Å². The Morgan fingerprint density at radius 3 is 2.58 bits per heavy atom. The lowest BCUT2D eigenvalue weighted by molar-refractivity contribution is -0.131. The van der Waals surface area contributed by atoms with Gasteiger partial charge in [0.25, 0.3) is 5.91 Å². The highest BCUT2D eigenvalue weighted by molar-refractivity contribution is 6.07. The summed E-state index contributed by atoms with van der Waals surface area (Å²) in [4.78, 5) is 26.6. The summed E-state index contributed by atoms with van der Waals surface area (Å²) in [6.45, 7) is 1.79. The van der Waals surface area contributed by atoms with Crippen LogP contribution in [0.15, 0.2) is 30.3 Å². The molecule has 2 heterocycles. The van der Waals surface area contributed by atoms with Crippen molar-refractivity contribution in [2.45, 2.75) is 44.7 Å². The lowest BCUT2D eigenvalue weighted by Gasteiger charge is -2.20. The lowest BCUT2D eigenvalue weighted by atomic mass is 9.98. The Kier molecular flexibility index (Phi) is 3.76. The van der Waals surface area contributed by atoms with Gasteiger partial charge in [-0.15, -0.1) is 0 Å². The smallest absolute Gasteiger partial charge is 0.323 e. The molecule has 4 rings (SSSR count). The molecule has 7 heteroatoms. The van der Waals surface area contributed by atoms with Crippen LogP contribution in [0.4, 0.5) is 4.79 Å². The van der Waals surface area contributed by atoms with E-state index < -0.39 is 5.54 Å². The van der Waals surface area contributed by atoms with Crippen molar-refractivity contribution in [1.82, 2.24) is 20.0 Å². The van der Waals surface area contributed by atoms with E-state index in [1.807, 2.05) is 30.3 Å². The van der Waals surface area contributed by atoms with Crippen LogP contribution < -0.4 is 5.32 Å². The summed E-state index contributed by atoms with van der Waals surface area (Å²) in [5, 5.41) is 16.9. The van der Waals surface area contributed by atoms with Crippen molar-refractivity contribution in [3.8, 4) is 11.8 Å². The number of nitrogens with zero attached hydrogens (tertiary/aromatic N) is 4. The van der Waals surface area contributed by atoms with Gasteiger partial charge in [-0.2, -0.15) is 10.4 Å². The minimum atomic E-state index is -0.753. The van der Waals surface area contributed by atoms with Gasteiger partial charge in [0.15, 0.2) is 0 Å². The number of carbonyl (C=O) groups is 2. The zero-order chi connectivity index (χ0) is 18.3. The maximum absolute atomic E-state index is 12.9. The number of amides is 3. The average molecular weight is 349 g/mol. The molecule has 0 bridgehead atoms. The zero-order valence-electron chi connectivity index (χ0n) is 14.5. The standard InChI is InChI=1S/C19H19N5O2/c1-13-15(11-20)16(24(22-13)14-7-3-2-4-8-14)12-23-17(25)19(21-18(23)26)9-5-6-10-19/h2-4,7-8H,5-6,9-10,12H2,1H3,(H,21,26). The molecule has 1 aromatic carbocycles. The predicted molar refractivity (Wildman–Crippen MR) is 93.3 cm³/mol. The van der Waals surface area contributed by atoms with E-state index in [0.717, 1.165) is 18.5 Å². The number of nitriles is 1. The second kappa shape index (κ2) is 5.99. The number of hydrogen-bond donors (Lipinski definition) is 1. The molecule has 1 aliphatic heterocycles. The average Bonchev–Trinajstić information content (AvgIpc) is 3.30. The highest BCUT2D eigenvalue weighted by atomic mass is 16.2. The number of imide groups is 1. The van der Waals surface area contributed by atoms with E-state index in [1.165, 1.54) is 4.90 Å². The molecule has 1 saturated heterocycles. The van der Waals surface area contributed by atoms with Crippen LogP contribution in [-0.2, 0) is 11.3 Å². The molecule has 2 aliphatic rings.